The number of aromatic hydroxyl groups is 1. The lowest BCUT2D eigenvalue weighted by Gasteiger charge is -2.40. The summed E-state index contributed by atoms with van der Waals surface area (Å²) in [5.74, 6) is 1.64. The Morgan fingerprint density at radius 2 is 1.54 bits per heavy atom. The summed E-state index contributed by atoms with van der Waals surface area (Å²) >= 11 is 3.33. The molecule has 2 N–H and O–H groups in total. The van der Waals surface area contributed by atoms with Gasteiger partial charge < -0.3 is 29.9 Å². The minimum absolute atomic E-state index is 0.0403. The first kappa shape index (κ1) is 39.8. The molecule has 52 heavy (non-hydrogen) atoms. The number of phenols is 1. The number of carbonyl (C=O) groups is 3. The lowest BCUT2D eigenvalue weighted by molar-refractivity contribution is -0.136. The number of hydrogen-bond acceptors (Lipinski definition) is 7. The Bertz CT molecular complexity index is 1650. The molecule has 4 amide bonds. The van der Waals surface area contributed by atoms with Crippen molar-refractivity contribution in [2.45, 2.75) is 71.3 Å². The van der Waals surface area contributed by atoms with Crippen LogP contribution in [0.2, 0.25) is 0 Å². The quantitative estimate of drug-likeness (QED) is 0.353. The fourth-order valence-electron chi connectivity index (χ4n) is 8.06. The highest BCUT2D eigenvalue weighted by atomic mass is 79.9. The smallest absolute Gasteiger partial charge is 0.409 e. The number of hydrogen-bond donors (Lipinski definition) is 2. The topological polar surface area (TPSA) is 140 Å². The van der Waals surface area contributed by atoms with Crippen molar-refractivity contribution in [2.75, 3.05) is 64.0 Å². The van der Waals surface area contributed by atoms with Crippen molar-refractivity contribution in [3.8, 4) is 5.75 Å². The Morgan fingerprint density at radius 1 is 0.923 bits per heavy atom. The summed E-state index contributed by atoms with van der Waals surface area (Å²) < 4.78 is 31.1. The molecule has 0 unspecified atom stereocenters. The molecule has 14 heteroatoms. The standard InChI is InChI=1S/C22H33BrN2O4S.C16H21N3O3/c1-3-30(28,29)25-12-8-19(9-13-25)18-6-10-24(11-7-18)22(27)16(2)14-17-4-5-21(26)20(23)15-17;1-22-16(21)18-9-7-13(8-10-18)19-11-6-12-4-2-3-5-14(12)17-15(19)20/h4-5,15-16,18-19,26H,3,6-14H2,1-2H3;2-5,13H,6-11H2,1H3,(H,17,20)/t16-;/m1./s1. The molecule has 12 nitrogen and oxygen atoms in total. The number of nitrogens with zero attached hydrogens (tertiary/aromatic N) is 4. The number of rotatable bonds is 7. The number of methoxy groups -OCH3 is 1. The van der Waals surface area contributed by atoms with Gasteiger partial charge >= 0.3 is 12.1 Å². The van der Waals surface area contributed by atoms with Gasteiger partial charge in [-0.25, -0.2) is 22.3 Å². The molecule has 4 aliphatic heterocycles. The first-order valence-corrected chi connectivity index (χ1v) is 21.0. The third-order valence-electron chi connectivity index (χ3n) is 11.2. The number of urea groups is 1. The number of phenolic OH excluding ortho intramolecular Hbond substituents is 1. The predicted octanol–water partition coefficient (Wildman–Crippen LogP) is 5.94. The maximum absolute atomic E-state index is 12.9. The zero-order chi connectivity index (χ0) is 37.4. The maximum atomic E-state index is 12.9. The molecule has 0 aromatic heterocycles. The number of anilines is 1. The van der Waals surface area contributed by atoms with Crippen LogP contribution in [0.25, 0.3) is 0 Å². The van der Waals surface area contributed by atoms with Crippen LogP contribution in [-0.2, 0) is 32.4 Å². The first-order chi connectivity index (χ1) is 24.9. The fourth-order valence-corrected chi connectivity index (χ4v) is 9.61. The van der Waals surface area contributed by atoms with Gasteiger partial charge in [-0.1, -0.05) is 31.2 Å². The Balaban J connectivity index is 0.000000210. The summed E-state index contributed by atoms with van der Waals surface area (Å²) in [6.07, 6.45) is 6.69. The van der Waals surface area contributed by atoms with E-state index in [-0.39, 0.29) is 41.5 Å². The average Bonchev–Trinajstić information content (AvgIpc) is 3.34. The van der Waals surface area contributed by atoms with Crippen molar-refractivity contribution in [1.82, 2.24) is 19.0 Å². The first-order valence-electron chi connectivity index (χ1n) is 18.6. The summed E-state index contributed by atoms with van der Waals surface area (Å²) in [7, 11) is -1.68. The lowest BCUT2D eigenvalue weighted by atomic mass is 9.79. The number of carbonyl (C=O) groups excluding carboxylic acids is 3. The number of sulfonamides is 1. The van der Waals surface area contributed by atoms with Crippen LogP contribution in [0.4, 0.5) is 15.3 Å². The molecular formula is C38H54BrN5O7S. The zero-order valence-corrected chi connectivity index (χ0v) is 33.0. The molecule has 0 aliphatic carbocycles. The van der Waals surface area contributed by atoms with Crippen molar-refractivity contribution >= 4 is 49.7 Å². The molecule has 2 aromatic carbocycles. The second kappa shape index (κ2) is 18.1. The van der Waals surface area contributed by atoms with Gasteiger partial charge in [0.2, 0.25) is 15.9 Å². The van der Waals surface area contributed by atoms with Gasteiger partial charge in [0.1, 0.15) is 5.75 Å². The highest BCUT2D eigenvalue weighted by Gasteiger charge is 2.35. The fraction of sp³-hybridized carbons (Fsp3) is 0.605. The highest BCUT2D eigenvalue weighted by Crippen LogP contribution is 2.34. The van der Waals surface area contributed by atoms with Crippen LogP contribution >= 0.6 is 15.9 Å². The Kier molecular flexibility index (Phi) is 13.9. The summed E-state index contributed by atoms with van der Waals surface area (Å²) in [6, 6.07) is 13.4. The highest BCUT2D eigenvalue weighted by molar-refractivity contribution is 9.10. The van der Waals surface area contributed by atoms with Crippen LogP contribution in [0.15, 0.2) is 46.9 Å². The van der Waals surface area contributed by atoms with E-state index in [1.54, 1.807) is 22.2 Å². The second-order valence-corrected chi connectivity index (χ2v) is 17.5. The number of likely N-dealkylation sites (tertiary alicyclic amines) is 2. The lowest BCUT2D eigenvalue weighted by Crippen LogP contribution is -2.50. The normalized spacial score (nSPS) is 20.2. The summed E-state index contributed by atoms with van der Waals surface area (Å²) in [6.45, 7) is 8.52. The Hall–Kier alpha value is -3.36. The minimum atomic E-state index is -3.07. The predicted molar refractivity (Wildman–Crippen MR) is 205 cm³/mol. The van der Waals surface area contributed by atoms with E-state index < -0.39 is 10.0 Å². The van der Waals surface area contributed by atoms with Crippen LogP contribution in [0, 0.1) is 17.8 Å². The van der Waals surface area contributed by atoms with E-state index >= 15 is 0 Å². The minimum Gasteiger partial charge on any atom is -0.507 e. The van der Waals surface area contributed by atoms with Crippen LogP contribution in [0.1, 0.15) is 63.5 Å². The van der Waals surface area contributed by atoms with E-state index in [4.69, 9.17) is 4.74 Å². The van der Waals surface area contributed by atoms with E-state index in [2.05, 4.69) is 27.3 Å². The van der Waals surface area contributed by atoms with Gasteiger partial charge in [0.25, 0.3) is 0 Å². The molecule has 3 fully saturated rings. The SMILES string of the molecule is CCS(=O)(=O)N1CCC(C2CCN(C(=O)[C@H](C)Cc3ccc(O)c(Br)c3)CC2)CC1.COC(=O)N1CCC(N2CCc3ccccc3NC2=O)CC1. The van der Waals surface area contributed by atoms with Gasteiger partial charge in [0, 0.05) is 63.5 Å². The average molecular weight is 805 g/mol. The Morgan fingerprint density at radius 3 is 2.15 bits per heavy atom. The third kappa shape index (κ3) is 9.98. The number of para-hydroxylation sites is 1. The van der Waals surface area contributed by atoms with Gasteiger partial charge in [-0.2, -0.15) is 0 Å². The molecule has 1 atom stereocenters. The van der Waals surface area contributed by atoms with Crippen LogP contribution in [-0.4, -0.2) is 115 Å². The summed E-state index contributed by atoms with van der Waals surface area (Å²) in [4.78, 5) is 42.5. The number of benzene rings is 2. The molecule has 0 radical (unpaired) electrons. The maximum Gasteiger partial charge on any atom is 0.409 e. The van der Waals surface area contributed by atoms with Crippen molar-refractivity contribution < 1.29 is 32.6 Å². The van der Waals surface area contributed by atoms with Crippen molar-refractivity contribution in [3.63, 3.8) is 0 Å². The van der Waals surface area contributed by atoms with Crippen molar-refractivity contribution in [2.24, 2.45) is 17.8 Å². The van der Waals surface area contributed by atoms with Crippen LogP contribution in [0.5, 0.6) is 5.75 Å². The number of ether oxygens (including phenoxy) is 1. The molecule has 4 aliphatic rings. The molecule has 6 rings (SSSR count). The van der Waals surface area contributed by atoms with E-state index in [0.29, 0.717) is 55.5 Å². The van der Waals surface area contributed by atoms with E-state index in [1.807, 2.05) is 47.1 Å². The number of amides is 4. The van der Waals surface area contributed by atoms with Crippen LogP contribution < -0.4 is 5.32 Å². The van der Waals surface area contributed by atoms with Crippen molar-refractivity contribution in [3.05, 3.63) is 58.1 Å². The van der Waals surface area contributed by atoms with Crippen LogP contribution in [0.3, 0.4) is 0 Å². The number of piperidine rings is 3. The zero-order valence-electron chi connectivity index (χ0n) is 30.6. The molecule has 0 bridgehead atoms. The molecule has 0 saturated carbocycles. The van der Waals surface area contributed by atoms with Gasteiger partial charge in [0.15, 0.2) is 0 Å². The Labute approximate surface area is 317 Å². The monoisotopic (exact) mass is 803 g/mol. The van der Waals surface area contributed by atoms with E-state index in [0.717, 1.165) is 69.3 Å². The van der Waals surface area contributed by atoms with E-state index in [1.165, 1.54) is 12.7 Å². The van der Waals surface area contributed by atoms with E-state index in [9.17, 15) is 27.9 Å². The number of nitrogens with one attached hydrogen (secondary N) is 1. The second-order valence-electron chi connectivity index (χ2n) is 14.4. The summed E-state index contributed by atoms with van der Waals surface area (Å²) in [5, 5.41) is 12.6. The largest absolute Gasteiger partial charge is 0.507 e. The molecule has 4 heterocycles. The summed E-state index contributed by atoms with van der Waals surface area (Å²) in [5.41, 5.74) is 3.11. The van der Waals surface area contributed by atoms with Gasteiger partial charge in [-0.15, -0.1) is 0 Å². The molecule has 3 saturated heterocycles. The number of halogens is 1. The third-order valence-corrected chi connectivity index (χ3v) is 13.7. The van der Waals surface area contributed by atoms with Gasteiger partial charge in [-0.05, 0) is 115 Å². The number of fused-ring (bicyclic) bond motifs is 1. The molecule has 0 spiro atoms. The molecule has 2 aromatic rings. The molecule has 286 valence electrons. The molecular weight excluding hydrogens is 750 g/mol. The van der Waals surface area contributed by atoms with Gasteiger partial charge in [0.05, 0.1) is 17.3 Å². The van der Waals surface area contributed by atoms with Gasteiger partial charge in [-0.3, -0.25) is 4.79 Å². The van der Waals surface area contributed by atoms with Crippen molar-refractivity contribution in [1.29, 1.82) is 0 Å².